The number of esters is 1. The molecule has 0 radical (unpaired) electrons. The minimum absolute atomic E-state index is 0.0885. The maximum atomic E-state index is 14.1. The quantitative estimate of drug-likeness (QED) is 0.775. The van der Waals surface area contributed by atoms with Crippen molar-refractivity contribution in [3.8, 4) is 0 Å². The van der Waals surface area contributed by atoms with Gasteiger partial charge in [0, 0.05) is 18.7 Å². The van der Waals surface area contributed by atoms with Crippen LogP contribution in [-0.2, 0) is 14.3 Å². The number of carbonyl (C=O) groups is 3. The van der Waals surface area contributed by atoms with Crippen LogP contribution in [0.25, 0.3) is 0 Å². The lowest BCUT2D eigenvalue weighted by molar-refractivity contribution is -0.137. The molecule has 7 nitrogen and oxygen atoms in total. The molecule has 2 heterocycles. The van der Waals surface area contributed by atoms with Crippen LogP contribution >= 0.6 is 0 Å². The van der Waals surface area contributed by atoms with E-state index in [4.69, 9.17) is 4.74 Å². The molecular formula is C15H14FN3O4. The Labute approximate surface area is 131 Å². The number of nitrogens with zero attached hydrogens (tertiary/aromatic N) is 1. The van der Waals surface area contributed by atoms with E-state index >= 15 is 0 Å². The summed E-state index contributed by atoms with van der Waals surface area (Å²) in [4.78, 5) is 37.8. The number of carbonyl (C=O) groups excluding carboxylic acids is 3. The molecule has 0 unspecified atom stereocenters. The summed E-state index contributed by atoms with van der Waals surface area (Å²) in [5.74, 6) is -1.95. The number of fused-ring (bicyclic) bond motifs is 1. The maximum Gasteiger partial charge on any atom is 0.338 e. The highest BCUT2D eigenvalue weighted by atomic mass is 19.1. The lowest BCUT2D eigenvalue weighted by atomic mass is 9.93. The Bertz CT molecular complexity index is 731. The third-order valence-corrected chi connectivity index (χ3v) is 3.78. The second-order valence-electron chi connectivity index (χ2n) is 5.07. The highest BCUT2D eigenvalue weighted by Gasteiger charge is 2.43. The monoisotopic (exact) mass is 319 g/mol. The average Bonchev–Trinajstić information content (AvgIpc) is 2.55. The van der Waals surface area contributed by atoms with Crippen molar-refractivity contribution in [2.75, 3.05) is 20.2 Å². The van der Waals surface area contributed by atoms with Crippen molar-refractivity contribution in [2.24, 2.45) is 0 Å². The number of benzene rings is 1. The molecule has 3 amide bonds. The predicted octanol–water partition coefficient (Wildman–Crippen LogP) is 0.449. The van der Waals surface area contributed by atoms with E-state index in [2.05, 4.69) is 10.6 Å². The molecule has 2 aliphatic rings. The number of nitrogens with one attached hydrogen (secondary N) is 2. The number of methoxy groups -OCH3 is 1. The van der Waals surface area contributed by atoms with Gasteiger partial charge in [0.15, 0.2) is 0 Å². The average molecular weight is 319 g/mol. The molecule has 2 aliphatic heterocycles. The Balaban J connectivity index is 2.21. The van der Waals surface area contributed by atoms with Gasteiger partial charge in [0.1, 0.15) is 11.5 Å². The van der Waals surface area contributed by atoms with Gasteiger partial charge in [-0.25, -0.2) is 14.0 Å². The van der Waals surface area contributed by atoms with Crippen LogP contribution in [0.5, 0.6) is 0 Å². The number of amides is 3. The molecular weight excluding hydrogens is 305 g/mol. The first kappa shape index (κ1) is 15.0. The number of piperazine rings is 1. The van der Waals surface area contributed by atoms with Gasteiger partial charge >= 0.3 is 12.0 Å². The fourth-order valence-corrected chi connectivity index (χ4v) is 2.75. The van der Waals surface area contributed by atoms with Gasteiger partial charge in [0.05, 0.1) is 18.7 Å². The minimum Gasteiger partial charge on any atom is -0.466 e. The highest BCUT2D eigenvalue weighted by molar-refractivity contribution is 6.08. The van der Waals surface area contributed by atoms with Crippen molar-refractivity contribution in [1.29, 1.82) is 0 Å². The lowest BCUT2D eigenvalue weighted by Gasteiger charge is -2.38. The first-order chi connectivity index (χ1) is 11.0. The molecule has 0 aromatic heterocycles. The molecule has 8 heteroatoms. The third-order valence-electron chi connectivity index (χ3n) is 3.78. The van der Waals surface area contributed by atoms with E-state index in [-0.39, 0.29) is 29.9 Å². The van der Waals surface area contributed by atoms with Crippen molar-refractivity contribution >= 4 is 17.9 Å². The molecule has 3 rings (SSSR count). The molecule has 1 saturated heterocycles. The van der Waals surface area contributed by atoms with Gasteiger partial charge in [-0.1, -0.05) is 18.2 Å². The Morgan fingerprint density at radius 3 is 2.78 bits per heavy atom. The molecule has 120 valence electrons. The number of halogens is 1. The summed E-state index contributed by atoms with van der Waals surface area (Å²) in [5, 5.41) is 5.14. The molecule has 0 saturated carbocycles. The number of hydrogen-bond donors (Lipinski definition) is 2. The van der Waals surface area contributed by atoms with Crippen molar-refractivity contribution in [3.05, 3.63) is 46.9 Å². The molecule has 2 N–H and O–H groups in total. The van der Waals surface area contributed by atoms with E-state index in [9.17, 15) is 18.8 Å². The SMILES string of the molecule is COC(=O)C1=C2C(=O)NCCN2C(=O)N[C@H]1c1ccccc1F. The second-order valence-corrected chi connectivity index (χ2v) is 5.07. The first-order valence-corrected chi connectivity index (χ1v) is 6.97. The predicted molar refractivity (Wildman–Crippen MR) is 76.4 cm³/mol. The van der Waals surface area contributed by atoms with Crippen molar-refractivity contribution in [1.82, 2.24) is 15.5 Å². The molecule has 0 spiro atoms. The summed E-state index contributed by atoms with van der Waals surface area (Å²) >= 11 is 0. The van der Waals surface area contributed by atoms with Crippen LogP contribution in [-0.4, -0.2) is 43.0 Å². The fraction of sp³-hybridized carbons (Fsp3) is 0.267. The summed E-state index contributed by atoms with van der Waals surface area (Å²) in [6, 6.07) is 4.09. The van der Waals surface area contributed by atoms with E-state index in [1.54, 1.807) is 6.07 Å². The van der Waals surface area contributed by atoms with E-state index in [0.717, 1.165) is 7.11 Å². The number of urea groups is 1. The van der Waals surface area contributed by atoms with E-state index in [0.29, 0.717) is 0 Å². The van der Waals surface area contributed by atoms with Gasteiger partial charge in [-0.3, -0.25) is 9.69 Å². The zero-order chi connectivity index (χ0) is 16.6. The summed E-state index contributed by atoms with van der Waals surface area (Å²) in [7, 11) is 1.16. The molecule has 1 atom stereocenters. The Kier molecular flexibility index (Phi) is 3.73. The summed E-state index contributed by atoms with van der Waals surface area (Å²) in [6.07, 6.45) is 0. The van der Waals surface area contributed by atoms with Gasteiger partial charge in [0.2, 0.25) is 0 Å². The van der Waals surface area contributed by atoms with Crippen LogP contribution in [0.4, 0.5) is 9.18 Å². The van der Waals surface area contributed by atoms with Crippen LogP contribution in [0.3, 0.4) is 0 Å². The van der Waals surface area contributed by atoms with Crippen LogP contribution in [0, 0.1) is 5.82 Å². The van der Waals surface area contributed by atoms with Crippen LogP contribution in [0.2, 0.25) is 0 Å². The zero-order valence-electron chi connectivity index (χ0n) is 12.3. The molecule has 1 aromatic carbocycles. The van der Waals surface area contributed by atoms with Crippen molar-refractivity contribution in [3.63, 3.8) is 0 Å². The van der Waals surface area contributed by atoms with Crippen molar-refractivity contribution < 1.29 is 23.5 Å². The molecule has 0 bridgehead atoms. The molecule has 0 aliphatic carbocycles. The van der Waals surface area contributed by atoms with Gasteiger partial charge < -0.3 is 15.4 Å². The number of rotatable bonds is 2. The maximum absolute atomic E-state index is 14.1. The Hall–Kier alpha value is -2.90. The summed E-state index contributed by atoms with van der Waals surface area (Å²) in [6.45, 7) is 0.492. The Morgan fingerprint density at radius 2 is 2.09 bits per heavy atom. The molecule has 23 heavy (non-hydrogen) atoms. The Morgan fingerprint density at radius 1 is 1.35 bits per heavy atom. The lowest BCUT2D eigenvalue weighted by Crippen LogP contribution is -2.57. The normalized spacial score (nSPS) is 20.6. The standard InChI is InChI=1S/C15H14FN3O4/c1-23-14(21)10-11(8-4-2-3-5-9(8)16)18-15(22)19-7-6-17-13(20)12(10)19/h2-5,11H,6-7H2,1H3,(H,17,20)(H,18,22)/t11-/m0/s1. The fourth-order valence-electron chi connectivity index (χ4n) is 2.75. The highest BCUT2D eigenvalue weighted by Crippen LogP contribution is 2.33. The van der Waals surface area contributed by atoms with E-state index in [1.807, 2.05) is 0 Å². The minimum atomic E-state index is -1.09. The number of ether oxygens (including phenoxy) is 1. The first-order valence-electron chi connectivity index (χ1n) is 6.97. The summed E-state index contributed by atoms with van der Waals surface area (Å²) in [5.41, 5.74) is -0.0960. The summed E-state index contributed by atoms with van der Waals surface area (Å²) < 4.78 is 18.9. The second kappa shape index (κ2) is 5.71. The van der Waals surface area contributed by atoms with Gasteiger partial charge in [-0.15, -0.1) is 0 Å². The molecule has 1 fully saturated rings. The van der Waals surface area contributed by atoms with Gasteiger partial charge in [-0.05, 0) is 6.07 Å². The van der Waals surface area contributed by atoms with Crippen LogP contribution in [0.15, 0.2) is 35.5 Å². The largest absolute Gasteiger partial charge is 0.466 e. The van der Waals surface area contributed by atoms with Crippen molar-refractivity contribution in [2.45, 2.75) is 6.04 Å². The van der Waals surface area contributed by atoms with E-state index < -0.39 is 29.8 Å². The van der Waals surface area contributed by atoms with E-state index in [1.165, 1.54) is 23.1 Å². The van der Waals surface area contributed by atoms with Gasteiger partial charge in [-0.2, -0.15) is 0 Å². The van der Waals surface area contributed by atoms with Gasteiger partial charge in [0.25, 0.3) is 5.91 Å². The third kappa shape index (κ3) is 2.41. The zero-order valence-corrected chi connectivity index (χ0v) is 12.3. The number of hydrogen-bond acceptors (Lipinski definition) is 4. The molecule has 1 aromatic rings. The topological polar surface area (TPSA) is 87.7 Å². The smallest absolute Gasteiger partial charge is 0.338 e. The van der Waals surface area contributed by atoms with Crippen LogP contribution < -0.4 is 10.6 Å². The van der Waals surface area contributed by atoms with Crippen LogP contribution in [0.1, 0.15) is 11.6 Å².